The zero-order valence-corrected chi connectivity index (χ0v) is 18.4. The lowest BCUT2D eigenvalue weighted by molar-refractivity contribution is -0.948. The summed E-state index contributed by atoms with van der Waals surface area (Å²) in [6, 6.07) is 10.8. The molecule has 0 saturated heterocycles. The van der Waals surface area contributed by atoms with E-state index in [9.17, 15) is 9.18 Å². The smallest absolute Gasteiger partial charge is 0.222 e. The van der Waals surface area contributed by atoms with Crippen molar-refractivity contribution in [2.45, 2.75) is 45.8 Å². The van der Waals surface area contributed by atoms with Crippen LogP contribution in [0.3, 0.4) is 0 Å². The fraction of sp³-hybridized carbons (Fsp3) is 0.458. The van der Waals surface area contributed by atoms with E-state index in [1.807, 2.05) is 45.0 Å². The highest BCUT2D eigenvalue weighted by atomic mass is 19.1. The first-order chi connectivity index (χ1) is 14.3. The maximum Gasteiger partial charge on any atom is 0.222 e. The minimum absolute atomic E-state index is 0.0142. The van der Waals surface area contributed by atoms with E-state index >= 15 is 0 Å². The minimum atomic E-state index is -0.194. The number of nitrogens with one attached hydrogen (secondary N) is 2. The van der Waals surface area contributed by atoms with Crippen molar-refractivity contribution >= 4 is 5.91 Å². The fourth-order valence-electron chi connectivity index (χ4n) is 4.30. The highest BCUT2D eigenvalue weighted by Gasteiger charge is 2.37. The number of methoxy groups -OCH3 is 2. The topological polar surface area (TPSA) is 52.0 Å². The van der Waals surface area contributed by atoms with E-state index in [0.717, 1.165) is 18.5 Å². The second-order valence-corrected chi connectivity index (χ2v) is 8.26. The Balaban J connectivity index is 2.01. The molecule has 1 aliphatic heterocycles. The van der Waals surface area contributed by atoms with Gasteiger partial charge in [0, 0.05) is 23.5 Å². The van der Waals surface area contributed by atoms with Gasteiger partial charge in [-0.3, -0.25) is 4.79 Å². The number of ether oxygens (including phenoxy) is 2. The number of rotatable bonds is 7. The third kappa shape index (κ3) is 4.59. The van der Waals surface area contributed by atoms with Crippen LogP contribution in [-0.2, 0) is 17.8 Å². The van der Waals surface area contributed by atoms with Crippen molar-refractivity contribution in [3.05, 3.63) is 58.9 Å². The van der Waals surface area contributed by atoms with Crippen LogP contribution in [0.15, 0.2) is 36.4 Å². The Morgan fingerprint density at radius 1 is 1.17 bits per heavy atom. The van der Waals surface area contributed by atoms with Gasteiger partial charge in [-0.15, -0.1) is 0 Å². The summed E-state index contributed by atoms with van der Waals surface area (Å²) < 4.78 is 25.4. The second-order valence-electron chi connectivity index (χ2n) is 8.26. The molecule has 0 bridgehead atoms. The molecule has 0 aliphatic carbocycles. The van der Waals surface area contributed by atoms with Crippen LogP contribution in [0.4, 0.5) is 4.39 Å². The Kier molecular flexibility index (Phi) is 6.98. The maximum absolute atomic E-state index is 14.4. The van der Waals surface area contributed by atoms with Crippen LogP contribution < -0.4 is 19.7 Å². The van der Waals surface area contributed by atoms with E-state index in [2.05, 4.69) is 5.32 Å². The molecule has 5 nitrogen and oxygen atoms in total. The standard InChI is InChI=1S/C24H31FN2O3/c1-15(2)24(28)26-16(3)23-19-13-22(30-5)21(29-4)12-17(19)10-11-27(23)14-18-8-6-7-9-20(18)25/h6-9,12-13,15-16,23H,10-11,14H2,1-5H3,(H,26,28)/p+1/t16-,23-/m1/s1. The summed E-state index contributed by atoms with van der Waals surface area (Å²) in [5.74, 6) is 1.08. The number of amides is 1. The van der Waals surface area contributed by atoms with Gasteiger partial charge < -0.3 is 19.7 Å². The third-order valence-electron chi connectivity index (χ3n) is 5.91. The summed E-state index contributed by atoms with van der Waals surface area (Å²) in [4.78, 5) is 13.6. The summed E-state index contributed by atoms with van der Waals surface area (Å²) >= 11 is 0. The molecule has 6 heteroatoms. The van der Waals surface area contributed by atoms with Crippen molar-refractivity contribution < 1.29 is 23.6 Å². The average Bonchev–Trinajstić information content (AvgIpc) is 2.73. The SMILES string of the molecule is COc1cc2c(cc1OC)[C@@H]([C@@H](C)NC(=O)C(C)C)[NH+](Cc1ccccc1F)CC2. The molecule has 0 fully saturated rings. The van der Waals surface area contributed by atoms with E-state index in [1.54, 1.807) is 20.3 Å². The maximum atomic E-state index is 14.4. The van der Waals surface area contributed by atoms with Gasteiger partial charge in [0.2, 0.25) is 5.91 Å². The average molecular weight is 416 g/mol. The molecule has 1 unspecified atom stereocenters. The first-order valence-electron chi connectivity index (χ1n) is 10.5. The largest absolute Gasteiger partial charge is 0.493 e. The van der Waals surface area contributed by atoms with Crippen LogP contribution in [0.25, 0.3) is 0 Å². The van der Waals surface area contributed by atoms with Gasteiger partial charge in [0.15, 0.2) is 11.5 Å². The van der Waals surface area contributed by atoms with Crippen LogP contribution in [0, 0.1) is 11.7 Å². The predicted molar refractivity (Wildman–Crippen MR) is 114 cm³/mol. The van der Waals surface area contributed by atoms with Gasteiger partial charge >= 0.3 is 0 Å². The monoisotopic (exact) mass is 415 g/mol. The highest BCUT2D eigenvalue weighted by molar-refractivity contribution is 5.78. The molecule has 0 saturated carbocycles. The zero-order chi connectivity index (χ0) is 21.8. The van der Waals surface area contributed by atoms with Gasteiger partial charge in [0.05, 0.1) is 26.8 Å². The van der Waals surface area contributed by atoms with Crippen molar-refractivity contribution in [2.24, 2.45) is 5.92 Å². The Labute approximate surface area is 178 Å². The van der Waals surface area contributed by atoms with Crippen molar-refractivity contribution in [2.75, 3.05) is 20.8 Å². The van der Waals surface area contributed by atoms with Crippen molar-refractivity contribution in [3.63, 3.8) is 0 Å². The molecule has 1 amide bonds. The normalized spacial score (nSPS) is 19.2. The highest BCUT2D eigenvalue weighted by Crippen LogP contribution is 2.35. The number of quaternary nitrogens is 1. The molecule has 30 heavy (non-hydrogen) atoms. The van der Waals surface area contributed by atoms with Crippen LogP contribution in [0.2, 0.25) is 0 Å². The molecule has 0 spiro atoms. The summed E-state index contributed by atoms with van der Waals surface area (Å²) in [7, 11) is 3.25. The Bertz CT molecular complexity index is 900. The van der Waals surface area contributed by atoms with Gasteiger partial charge in [0.25, 0.3) is 0 Å². The van der Waals surface area contributed by atoms with Gasteiger partial charge in [0.1, 0.15) is 18.4 Å². The minimum Gasteiger partial charge on any atom is -0.493 e. The van der Waals surface area contributed by atoms with Gasteiger partial charge in [-0.1, -0.05) is 32.0 Å². The van der Waals surface area contributed by atoms with Crippen molar-refractivity contribution in [1.29, 1.82) is 0 Å². The van der Waals surface area contributed by atoms with E-state index in [-0.39, 0.29) is 29.7 Å². The summed E-state index contributed by atoms with van der Waals surface area (Å²) in [6.45, 7) is 7.18. The lowest BCUT2D eigenvalue weighted by atomic mass is 9.87. The molecule has 2 N–H and O–H groups in total. The van der Waals surface area contributed by atoms with E-state index < -0.39 is 0 Å². The summed E-state index contributed by atoms with van der Waals surface area (Å²) in [6.07, 6.45) is 0.848. The lowest BCUT2D eigenvalue weighted by Crippen LogP contribution is -3.13. The molecule has 3 rings (SSSR count). The number of halogens is 1. The van der Waals surface area contributed by atoms with Crippen molar-refractivity contribution in [1.82, 2.24) is 5.32 Å². The number of hydrogen-bond acceptors (Lipinski definition) is 3. The van der Waals surface area contributed by atoms with Gasteiger partial charge in [-0.05, 0) is 30.7 Å². The molecule has 3 atom stereocenters. The Hall–Kier alpha value is -2.60. The predicted octanol–water partition coefficient (Wildman–Crippen LogP) is 2.69. The van der Waals surface area contributed by atoms with Crippen LogP contribution in [-0.4, -0.2) is 32.7 Å². The number of fused-ring (bicyclic) bond motifs is 1. The second kappa shape index (κ2) is 9.47. The van der Waals surface area contributed by atoms with Crippen LogP contribution in [0.1, 0.15) is 43.5 Å². The number of hydrogen-bond donors (Lipinski definition) is 2. The van der Waals surface area contributed by atoms with Gasteiger partial charge in [-0.2, -0.15) is 0 Å². The first kappa shape index (κ1) is 22.1. The summed E-state index contributed by atoms with van der Waals surface area (Å²) in [5.41, 5.74) is 2.98. The number of benzene rings is 2. The molecule has 2 aromatic carbocycles. The quantitative estimate of drug-likeness (QED) is 0.731. The van der Waals surface area contributed by atoms with E-state index in [1.165, 1.54) is 16.5 Å². The molecule has 162 valence electrons. The molecule has 2 aromatic rings. The lowest BCUT2D eigenvalue weighted by Gasteiger charge is -2.38. The number of carbonyl (C=O) groups excluding carboxylic acids is 1. The Morgan fingerprint density at radius 2 is 1.83 bits per heavy atom. The van der Waals surface area contributed by atoms with E-state index in [4.69, 9.17) is 9.47 Å². The summed E-state index contributed by atoms with van der Waals surface area (Å²) in [5, 5.41) is 3.16. The molecule has 0 radical (unpaired) electrons. The van der Waals surface area contributed by atoms with Crippen LogP contribution in [0.5, 0.6) is 11.5 Å². The Morgan fingerprint density at radius 3 is 2.47 bits per heavy atom. The van der Waals surface area contributed by atoms with Crippen LogP contribution >= 0.6 is 0 Å². The molecule has 0 aromatic heterocycles. The molecular weight excluding hydrogens is 383 g/mol. The zero-order valence-electron chi connectivity index (χ0n) is 18.4. The van der Waals surface area contributed by atoms with Crippen molar-refractivity contribution in [3.8, 4) is 11.5 Å². The third-order valence-corrected chi connectivity index (χ3v) is 5.91. The fourth-order valence-corrected chi connectivity index (χ4v) is 4.30. The first-order valence-corrected chi connectivity index (χ1v) is 10.5. The molecule has 1 heterocycles. The van der Waals surface area contributed by atoms with Gasteiger partial charge in [-0.25, -0.2) is 4.39 Å². The molecule has 1 aliphatic rings. The molecular formula is C24H32FN2O3+. The van der Waals surface area contributed by atoms with E-state index in [0.29, 0.717) is 23.6 Å². The number of carbonyl (C=O) groups is 1.